The molecule has 1 aromatic rings. The second kappa shape index (κ2) is 6.31. The lowest BCUT2D eigenvalue weighted by Crippen LogP contribution is -2.64. The average molecular weight is 316 g/mol. The first-order chi connectivity index (χ1) is 11.3. The summed E-state index contributed by atoms with van der Waals surface area (Å²) in [7, 11) is 0. The number of carbonyl (C=O) groups excluding carboxylic acids is 1. The lowest BCUT2D eigenvalue weighted by atomic mass is 10.1. The predicted molar refractivity (Wildman–Crippen MR) is 88.7 cm³/mol. The third kappa shape index (κ3) is 2.97. The number of amides is 1. The van der Waals surface area contributed by atoms with E-state index in [0.29, 0.717) is 6.54 Å². The van der Waals surface area contributed by atoms with Crippen molar-refractivity contribution in [3.63, 3.8) is 0 Å². The molecule has 0 saturated carbocycles. The quantitative estimate of drug-likeness (QED) is 0.834. The van der Waals surface area contributed by atoms with Crippen LogP contribution in [0, 0.1) is 0 Å². The number of piperidine rings is 1. The normalized spacial score (nSPS) is 25.9. The summed E-state index contributed by atoms with van der Waals surface area (Å²) in [5, 5.41) is 2.97. The van der Waals surface area contributed by atoms with Crippen LogP contribution in [-0.2, 0) is 4.79 Å². The van der Waals surface area contributed by atoms with Crippen LogP contribution >= 0.6 is 0 Å². The maximum Gasteiger partial charge on any atom is 0.239 e. The van der Waals surface area contributed by atoms with Gasteiger partial charge in [0.25, 0.3) is 0 Å². The highest BCUT2D eigenvalue weighted by atomic mass is 16.2. The number of fused-ring (bicyclic) bond motifs is 1. The van der Waals surface area contributed by atoms with E-state index in [1.54, 1.807) is 6.33 Å². The maximum absolute atomic E-state index is 12.1. The number of nitrogens with one attached hydrogen (secondary N) is 1. The molecule has 3 aliphatic rings. The zero-order valence-electron chi connectivity index (χ0n) is 13.4. The van der Waals surface area contributed by atoms with E-state index < -0.39 is 0 Å². The molecule has 4 heterocycles. The molecule has 7 nitrogen and oxygen atoms in total. The van der Waals surface area contributed by atoms with Crippen molar-refractivity contribution in [3.05, 3.63) is 12.4 Å². The van der Waals surface area contributed by atoms with E-state index in [1.165, 1.54) is 19.3 Å². The number of nitrogens with zero attached hydrogens (tertiary/aromatic N) is 5. The van der Waals surface area contributed by atoms with Crippen LogP contribution < -0.4 is 15.1 Å². The van der Waals surface area contributed by atoms with Crippen molar-refractivity contribution in [2.45, 2.75) is 25.3 Å². The van der Waals surface area contributed by atoms with Crippen molar-refractivity contribution in [2.24, 2.45) is 0 Å². The fourth-order valence-corrected chi connectivity index (χ4v) is 3.79. The second-order valence-corrected chi connectivity index (χ2v) is 6.57. The van der Waals surface area contributed by atoms with Gasteiger partial charge in [-0.1, -0.05) is 0 Å². The molecule has 0 aliphatic carbocycles. The summed E-state index contributed by atoms with van der Waals surface area (Å²) in [5.41, 5.74) is 0. The molecule has 3 saturated heterocycles. The summed E-state index contributed by atoms with van der Waals surface area (Å²) in [6.45, 7) is 6.42. The standard InChI is InChI=1S/C16H24N6O/c23-16-13-11-22(9-8-20(13)7-4-17-16)15-10-14(18-12-19-15)21-5-2-1-3-6-21/h10,12-13H,1-9,11H2,(H,17,23). The van der Waals surface area contributed by atoms with Gasteiger partial charge in [0.2, 0.25) is 5.91 Å². The molecule has 1 N–H and O–H groups in total. The van der Waals surface area contributed by atoms with Crippen LogP contribution in [0.3, 0.4) is 0 Å². The van der Waals surface area contributed by atoms with Crippen molar-refractivity contribution in [1.29, 1.82) is 0 Å². The Morgan fingerprint density at radius 2 is 1.74 bits per heavy atom. The lowest BCUT2D eigenvalue weighted by molar-refractivity contribution is -0.129. The minimum atomic E-state index is -0.0501. The first kappa shape index (κ1) is 14.7. The number of aromatic nitrogens is 2. The van der Waals surface area contributed by atoms with Crippen molar-refractivity contribution in [2.75, 3.05) is 55.6 Å². The van der Waals surface area contributed by atoms with E-state index in [1.807, 2.05) is 0 Å². The third-order valence-corrected chi connectivity index (χ3v) is 5.13. The Hall–Kier alpha value is -1.89. The van der Waals surface area contributed by atoms with Crippen LogP contribution in [-0.4, -0.2) is 72.6 Å². The van der Waals surface area contributed by atoms with Crippen molar-refractivity contribution < 1.29 is 4.79 Å². The van der Waals surface area contributed by atoms with E-state index in [4.69, 9.17) is 0 Å². The second-order valence-electron chi connectivity index (χ2n) is 6.57. The van der Waals surface area contributed by atoms with Crippen LogP contribution in [0.25, 0.3) is 0 Å². The van der Waals surface area contributed by atoms with E-state index >= 15 is 0 Å². The Morgan fingerprint density at radius 3 is 2.57 bits per heavy atom. The van der Waals surface area contributed by atoms with Crippen LogP contribution in [0.4, 0.5) is 11.6 Å². The maximum atomic E-state index is 12.1. The fraction of sp³-hybridized carbons (Fsp3) is 0.688. The highest BCUT2D eigenvalue weighted by Gasteiger charge is 2.35. The highest BCUT2D eigenvalue weighted by molar-refractivity contribution is 5.83. The smallest absolute Gasteiger partial charge is 0.239 e. The van der Waals surface area contributed by atoms with Gasteiger partial charge in [-0.3, -0.25) is 9.69 Å². The molecule has 3 fully saturated rings. The van der Waals surface area contributed by atoms with Gasteiger partial charge in [0.05, 0.1) is 0 Å². The topological polar surface area (TPSA) is 64.6 Å². The summed E-state index contributed by atoms with van der Waals surface area (Å²) in [4.78, 5) is 27.9. The minimum absolute atomic E-state index is 0.0501. The van der Waals surface area contributed by atoms with Gasteiger partial charge < -0.3 is 15.1 Å². The Bertz CT molecular complexity index is 573. The lowest BCUT2D eigenvalue weighted by Gasteiger charge is -2.43. The first-order valence-corrected chi connectivity index (χ1v) is 8.65. The van der Waals surface area contributed by atoms with E-state index in [-0.39, 0.29) is 11.9 Å². The molecule has 0 spiro atoms. The largest absolute Gasteiger partial charge is 0.356 e. The van der Waals surface area contributed by atoms with Crippen molar-refractivity contribution in [1.82, 2.24) is 20.2 Å². The Morgan fingerprint density at radius 1 is 0.957 bits per heavy atom. The van der Waals surface area contributed by atoms with Gasteiger partial charge in [-0.25, -0.2) is 9.97 Å². The number of piperazine rings is 2. The van der Waals surface area contributed by atoms with E-state index in [0.717, 1.165) is 50.9 Å². The van der Waals surface area contributed by atoms with E-state index in [9.17, 15) is 4.79 Å². The molecular weight excluding hydrogens is 292 g/mol. The SMILES string of the molecule is O=C1NCCN2CCN(c3cc(N4CCCCC4)ncn3)CC12. The number of hydrogen-bond acceptors (Lipinski definition) is 6. The summed E-state index contributed by atoms with van der Waals surface area (Å²) >= 11 is 0. The molecule has 0 aromatic carbocycles. The molecule has 23 heavy (non-hydrogen) atoms. The number of anilines is 2. The molecule has 1 aromatic heterocycles. The Labute approximate surface area is 136 Å². The Balaban J connectivity index is 1.50. The molecule has 3 aliphatic heterocycles. The molecule has 124 valence electrons. The minimum Gasteiger partial charge on any atom is -0.356 e. The van der Waals surface area contributed by atoms with Gasteiger partial charge in [0.1, 0.15) is 24.0 Å². The molecule has 1 amide bonds. The number of hydrogen-bond donors (Lipinski definition) is 1. The molecular formula is C16H24N6O. The van der Waals surface area contributed by atoms with Crippen molar-refractivity contribution >= 4 is 17.5 Å². The van der Waals surface area contributed by atoms with Crippen LogP contribution in [0.15, 0.2) is 12.4 Å². The first-order valence-electron chi connectivity index (χ1n) is 8.65. The average Bonchev–Trinajstić information content (AvgIpc) is 2.63. The van der Waals surface area contributed by atoms with Gasteiger partial charge in [-0.05, 0) is 19.3 Å². The third-order valence-electron chi connectivity index (χ3n) is 5.13. The molecule has 4 rings (SSSR count). The summed E-state index contributed by atoms with van der Waals surface area (Å²) in [6, 6.07) is 2.03. The van der Waals surface area contributed by atoms with Gasteiger partial charge in [0.15, 0.2) is 0 Å². The zero-order valence-corrected chi connectivity index (χ0v) is 13.4. The molecule has 0 radical (unpaired) electrons. The Kier molecular flexibility index (Phi) is 4.03. The summed E-state index contributed by atoms with van der Waals surface area (Å²) in [5.74, 6) is 2.11. The van der Waals surface area contributed by atoms with Gasteiger partial charge in [-0.2, -0.15) is 0 Å². The number of rotatable bonds is 2. The molecule has 1 unspecified atom stereocenters. The van der Waals surface area contributed by atoms with Crippen molar-refractivity contribution in [3.8, 4) is 0 Å². The summed E-state index contributed by atoms with van der Waals surface area (Å²) < 4.78 is 0. The van der Waals surface area contributed by atoms with Gasteiger partial charge >= 0.3 is 0 Å². The highest BCUT2D eigenvalue weighted by Crippen LogP contribution is 2.23. The van der Waals surface area contributed by atoms with Gasteiger partial charge in [0, 0.05) is 51.9 Å². The zero-order chi connectivity index (χ0) is 15.6. The van der Waals surface area contributed by atoms with Crippen LogP contribution in [0.5, 0.6) is 0 Å². The number of carbonyl (C=O) groups is 1. The van der Waals surface area contributed by atoms with Crippen LogP contribution in [0.2, 0.25) is 0 Å². The fourth-order valence-electron chi connectivity index (χ4n) is 3.79. The monoisotopic (exact) mass is 316 g/mol. The van der Waals surface area contributed by atoms with Gasteiger partial charge in [-0.15, -0.1) is 0 Å². The predicted octanol–water partition coefficient (Wildman–Crippen LogP) is 0.0873. The molecule has 0 bridgehead atoms. The van der Waals surface area contributed by atoms with Crippen LogP contribution in [0.1, 0.15) is 19.3 Å². The molecule has 7 heteroatoms. The van der Waals surface area contributed by atoms with E-state index in [2.05, 4.69) is 36.1 Å². The summed E-state index contributed by atoms with van der Waals surface area (Å²) in [6.07, 6.45) is 5.44. The molecule has 1 atom stereocenters.